The van der Waals surface area contributed by atoms with E-state index in [4.69, 9.17) is 11.6 Å². The van der Waals surface area contributed by atoms with Crippen LogP contribution >= 0.6 is 11.6 Å². The summed E-state index contributed by atoms with van der Waals surface area (Å²) in [5, 5.41) is 0.405. The van der Waals surface area contributed by atoms with Gasteiger partial charge >= 0.3 is 0 Å². The van der Waals surface area contributed by atoms with Crippen LogP contribution in [0.4, 0.5) is 5.69 Å². The van der Waals surface area contributed by atoms with Gasteiger partial charge in [-0.1, -0.05) is 66.2 Å². The molecule has 1 aliphatic rings. The first-order valence-corrected chi connectivity index (χ1v) is 12.6. The second-order valence-corrected chi connectivity index (χ2v) is 10.2. The van der Waals surface area contributed by atoms with Crippen LogP contribution in [0.3, 0.4) is 0 Å². The van der Waals surface area contributed by atoms with Crippen molar-refractivity contribution >= 4 is 33.2 Å². The smallest absolute Gasteiger partial charge is 0.264 e. The van der Waals surface area contributed by atoms with Gasteiger partial charge < -0.3 is 4.90 Å². The minimum atomic E-state index is -3.94. The molecule has 0 bridgehead atoms. The van der Waals surface area contributed by atoms with Crippen molar-refractivity contribution in [3.8, 4) is 0 Å². The Bertz CT molecular complexity index is 1180. The van der Waals surface area contributed by atoms with Crippen LogP contribution in [0.15, 0.2) is 89.8 Å². The van der Waals surface area contributed by atoms with Crippen molar-refractivity contribution in [3.63, 3.8) is 0 Å². The van der Waals surface area contributed by atoms with E-state index < -0.39 is 10.0 Å². The minimum absolute atomic E-state index is 0.130. The summed E-state index contributed by atoms with van der Waals surface area (Å²) in [4.78, 5) is 17.3. The van der Waals surface area contributed by atoms with Crippen LogP contribution in [0.5, 0.6) is 0 Å². The Kier molecular flexibility index (Phi) is 7.33. The summed E-state index contributed by atoms with van der Waals surface area (Å²) < 4.78 is 28.0. The quantitative estimate of drug-likeness (QED) is 0.511. The average Bonchev–Trinajstić information content (AvgIpc) is 2.84. The van der Waals surface area contributed by atoms with Crippen molar-refractivity contribution < 1.29 is 13.2 Å². The minimum Gasteiger partial charge on any atom is -0.339 e. The Hall–Kier alpha value is -2.87. The highest BCUT2D eigenvalue weighted by Crippen LogP contribution is 2.26. The molecule has 0 radical (unpaired) electrons. The van der Waals surface area contributed by atoms with E-state index in [1.165, 1.54) is 17.7 Å². The molecule has 4 rings (SSSR count). The summed E-state index contributed by atoms with van der Waals surface area (Å²) in [7, 11) is -3.94. The summed E-state index contributed by atoms with van der Waals surface area (Å²) in [5.74, 6) is -0.228. The van der Waals surface area contributed by atoms with Gasteiger partial charge in [0.05, 0.1) is 10.6 Å². The molecular weight excluding hydrogens is 458 g/mol. The fraction of sp³-hybridized carbons (Fsp3) is 0.240. The lowest BCUT2D eigenvalue weighted by Gasteiger charge is -2.36. The maximum atomic E-state index is 13.4. The van der Waals surface area contributed by atoms with Crippen LogP contribution in [0.2, 0.25) is 5.02 Å². The first-order valence-electron chi connectivity index (χ1n) is 10.8. The Morgan fingerprint density at radius 3 is 2.12 bits per heavy atom. The third kappa shape index (κ3) is 5.74. The number of carbonyl (C=O) groups is 1. The first kappa shape index (κ1) is 23.3. The van der Waals surface area contributed by atoms with Gasteiger partial charge in [-0.25, -0.2) is 8.42 Å². The van der Waals surface area contributed by atoms with Gasteiger partial charge in [-0.3, -0.25) is 14.0 Å². The molecule has 172 valence electrons. The standard InChI is InChI=1S/C25H26ClN3O3S/c26-22-10-7-11-23(18-22)29(33(31,32)24-12-5-2-6-13-24)20-25(30)28-16-14-27(15-17-28)19-21-8-3-1-4-9-21/h1-13,18H,14-17,19-20H2. The topological polar surface area (TPSA) is 60.9 Å². The van der Waals surface area contributed by atoms with Crippen molar-refractivity contribution in [2.24, 2.45) is 0 Å². The molecule has 0 N–H and O–H groups in total. The molecule has 33 heavy (non-hydrogen) atoms. The number of hydrogen-bond donors (Lipinski definition) is 0. The summed E-state index contributed by atoms with van der Waals surface area (Å²) in [6, 6.07) is 24.9. The number of nitrogens with zero attached hydrogens (tertiary/aromatic N) is 3. The zero-order chi connectivity index (χ0) is 23.3. The van der Waals surface area contributed by atoms with Gasteiger partial charge in [-0.05, 0) is 35.9 Å². The van der Waals surface area contributed by atoms with E-state index in [2.05, 4.69) is 17.0 Å². The van der Waals surface area contributed by atoms with Crippen molar-refractivity contribution in [1.29, 1.82) is 0 Å². The van der Waals surface area contributed by atoms with E-state index >= 15 is 0 Å². The van der Waals surface area contributed by atoms with E-state index in [9.17, 15) is 13.2 Å². The monoisotopic (exact) mass is 483 g/mol. The highest BCUT2D eigenvalue weighted by Gasteiger charge is 2.30. The number of sulfonamides is 1. The molecule has 3 aromatic rings. The molecule has 0 spiro atoms. The van der Waals surface area contributed by atoms with Gasteiger partial charge in [0, 0.05) is 37.7 Å². The third-order valence-corrected chi connectivity index (χ3v) is 7.70. The van der Waals surface area contributed by atoms with Gasteiger partial charge in [0.2, 0.25) is 5.91 Å². The number of carbonyl (C=O) groups excluding carboxylic acids is 1. The van der Waals surface area contributed by atoms with Crippen LogP contribution in [0, 0.1) is 0 Å². The number of piperazine rings is 1. The summed E-state index contributed by atoms with van der Waals surface area (Å²) >= 11 is 6.13. The van der Waals surface area contributed by atoms with E-state index in [1.807, 2.05) is 18.2 Å². The average molecular weight is 484 g/mol. The van der Waals surface area contributed by atoms with Gasteiger partial charge in [-0.2, -0.15) is 0 Å². The molecule has 8 heteroatoms. The highest BCUT2D eigenvalue weighted by atomic mass is 35.5. The highest BCUT2D eigenvalue weighted by molar-refractivity contribution is 7.92. The van der Waals surface area contributed by atoms with Gasteiger partial charge in [-0.15, -0.1) is 0 Å². The number of hydrogen-bond acceptors (Lipinski definition) is 4. The third-order valence-electron chi connectivity index (χ3n) is 5.68. The fourth-order valence-electron chi connectivity index (χ4n) is 3.89. The molecule has 0 unspecified atom stereocenters. The van der Waals surface area contributed by atoms with Crippen LogP contribution in [0.1, 0.15) is 5.56 Å². The Labute approximate surface area is 200 Å². The predicted octanol–water partition coefficient (Wildman–Crippen LogP) is 3.88. The van der Waals surface area contributed by atoms with Crippen LogP contribution in [0.25, 0.3) is 0 Å². The molecule has 1 fully saturated rings. The Morgan fingerprint density at radius 2 is 1.48 bits per heavy atom. The van der Waals surface area contributed by atoms with Crippen LogP contribution in [-0.2, 0) is 21.4 Å². The molecule has 6 nitrogen and oxygen atoms in total. The summed E-state index contributed by atoms with van der Waals surface area (Å²) in [6.07, 6.45) is 0. The number of amides is 1. The number of anilines is 1. The Balaban J connectivity index is 1.48. The molecule has 3 aromatic carbocycles. The maximum absolute atomic E-state index is 13.4. The lowest BCUT2D eigenvalue weighted by Crippen LogP contribution is -2.51. The molecule has 0 saturated carbocycles. The number of halogens is 1. The first-order chi connectivity index (χ1) is 15.9. The summed E-state index contributed by atoms with van der Waals surface area (Å²) in [6.45, 7) is 3.14. The molecule has 0 atom stereocenters. The molecule has 1 aliphatic heterocycles. The van der Waals surface area contributed by atoms with E-state index in [1.54, 1.807) is 47.4 Å². The van der Waals surface area contributed by atoms with Crippen molar-refractivity contribution in [3.05, 3.63) is 95.5 Å². The molecule has 1 heterocycles. The largest absolute Gasteiger partial charge is 0.339 e. The SMILES string of the molecule is O=C(CN(c1cccc(Cl)c1)S(=O)(=O)c1ccccc1)N1CCN(Cc2ccccc2)CC1. The normalized spacial score (nSPS) is 14.8. The second-order valence-electron chi connectivity index (χ2n) is 7.95. The molecule has 0 aliphatic carbocycles. The van der Waals surface area contributed by atoms with E-state index in [0.29, 0.717) is 23.8 Å². The van der Waals surface area contributed by atoms with E-state index in [0.717, 1.165) is 23.9 Å². The van der Waals surface area contributed by atoms with Crippen molar-refractivity contribution in [2.45, 2.75) is 11.4 Å². The molecule has 1 amide bonds. The van der Waals surface area contributed by atoms with Crippen LogP contribution in [-0.4, -0.2) is 56.8 Å². The van der Waals surface area contributed by atoms with Crippen molar-refractivity contribution in [2.75, 3.05) is 37.0 Å². The van der Waals surface area contributed by atoms with Gasteiger partial charge in [0.1, 0.15) is 6.54 Å². The predicted molar refractivity (Wildman–Crippen MR) is 131 cm³/mol. The fourth-order valence-corrected chi connectivity index (χ4v) is 5.50. The zero-order valence-corrected chi connectivity index (χ0v) is 19.8. The zero-order valence-electron chi connectivity index (χ0n) is 18.2. The second kappa shape index (κ2) is 10.4. The van der Waals surface area contributed by atoms with E-state index in [-0.39, 0.29) is 17.3 Å². The lowest BCUT2D eigenvalue weighted by molar-refractivity contribution is -0.131. The Morgan fingerprint density at radius 1 is 0.848 bits per heavy atom. The molecule has 1 saturated heterocycles. The maximum Gasteiger partial charge on any atom is 0.264 e. The summed E-state index contributed by atoms with van der Waals surface area (Å²) in [5.41, 5.74) is 1.60. The van der Waals surface area contributed by atoms with Gasteiger partial charge in [0.25, 0.3) is 10.0 Å². The number of benzene rings is 3. The molecular formula is C25H26ClN3O3S. The number of rotatable bonds is 7. The van der Waals surface area contributed by atoms with Crippen molar-refractivity contribution in [1.82, 2.24) is 9.80 Å². The molecule has 0 aromatic heterocycles. The lowest BCUT2D eigenvalue weighted by atomic mass is 10.2. The van der Waals surface area contributed by atoms with Gasteiger partial charge in [0.15, 0.2) is 0 Å². The van der Waals surface area contributed by atoms with Crippen LogP contribution < -0.4 is 4.31 Å².